The number of rotatable bonds is 4. The van der Waals surface area contributed by atoms with E-state index in [0.29, 0.717) is 6.08 Å². The molecule has 0 radical (unpaired) electrons. The summed E-state index contributed by atoms with van der Waals surface area (Å²) in [6.07, 6.45) is -8.00. The average Bonchev–Trinajstić information content (AvgIpc) is 3.11. The van der Waals surface area contributed by atoms with E-state index in [1.807, 2.05) is 0 Å². The number of hydrogen-bond acceptors (Lipinski definition) is 5. The topological polar surface area (TPSA) is 76.1 Å². The van der Waals surface area contributed by atoms with Crippen molar-refractivity contribution in [1.82, 2.24) is 20.8 Å². The van der Waals surface area contributed by atoms with Crippen LogP contribution in [-0.4, -0.2) is 34.8 Å². The first-order valence-corrected chi connectivity index (χ1v) is 9.36. The van der Waals surface area contributed by atoms with Crippen molar-refractivity contribution < 1.29 is 36.0 Å². The fourth-order valence-corrected chi connectivity index (χ4v) is 3.34. The summed E-state index contributed by atoms with van der Waals surface area (Å²) in [4.78, 5) is 24.5. The molecule has 0 spiro atoms. The number of aryl methyl sites for hydroxylation is 1. The van der Waals surface area contributed by atoms with Gasteiger partial charge in [-0.05, 0) is 31.2 Å². The van der Waals surface area contributed by atoms with Crippen LogP contribution >= 0.6 is 23.2 Å². The molecule has 1 aromatic carbocycles. The van der Waals surface area contributed by atoms with E-state index < -0.39 is 36.0 Å². The predicted octanol–water partition coefficient (Wildman–Crippen LogP) is 4.72. The van der Waals surface area contributed by atoms with E-state index in [4.69, 9.17) is 28.0 Å². The number of benzene rings is 1. The second-order valence-corrected chi connectivity index (χ2v) is 7.52. The van der Waals surface area contributed by atoms with Crippen molar-refractivity contribution in [2.45, 2.75) is 24.9 Å². The van der Waals surface area contributed by atoms with Gasteiger partial charge in [0.05, 0.1) is 11.3 Å². The molecule has 2 aromatic rings. The number of alkyl halides is 6. The Morgan fingerprint density at radius 3 is 2.31 bits per heavy atom. The summed E-state index contributed by atoms with van der Waals surface area (Å²) in [6, 6.07) is 3.31. The summed E-state index contributed by atoms with van der Waals surface area (Å²) in [5.74, 6) is -1.37. The largest absolute Gasteiger partial charge is 0.428 e. The van der Waals surface area contributed by atoms with Crippen molar-refractivity contribution >= 4 is 34.8 Å². The summed E-state index contributed by atoms with van der Waals surface area (Å²) in [6.45, 7) is -0.276. The van der Waals surface area contributed by atoms with Gasteiger partial charge >= 0.3 is 12.4 Å². The zero-order chi connectivity index (χ0) is 23.9. The van der Waals surface area contributed by atoms with Gasteiger partial charge in [-0.25, -0.2) is 9.97 Å². The van der Waals surface area contributed by atoms with Crippen LogP contribution in [0.15, 0.2) is 30.5 Å². The van der Waals surface area contributed by atoms with E-state index >= 15 is 0 Å². The highest BCUT2D eigenvalue weighted by atomic mass is 35.5. The number of amides is 1. The zero-order valence-electron chi connectivity index (χ0n) is 15.8. The summed E-state index contributed by atoms with van der Waals surface area (Å²) in [5.41, 5.74) is -1.91. The van der Waals surface area contributed by atoms with Crippen molar-refractivity contribution in [1.29, 1.82) is 0 Å². The molecule has 0 aliphatic carbocycles. The van der Waals surface area contributed by atoms with Crippen LogP contribution in [0.4, 0.5) is 26.3 Å². The molecule has 32 heavy (non-hydrogen) atoms. The van der Waals surface area contributed by atoms with Crippen molar-refractivity contribution in [3.63, 3.8) is 0 Å². The lowest BCUT2D eigenvalue weighted by atomic mass is 9.92. The van der Waals surface area contributed by atoms with Gasteiger partial charge in [0.1, 0.15) is 12.2 Å². The number of nitrogens with one attached hydrogen (secondary N) is 2. The van der Waals surface area contributed by atoms with Crippen molar-refractivity contribution in [3.8, 4) is 0 Å². The van der Waals surface area contributed by atoms with Crippen LogP contribution in [0.2, 0.25) is 10.0 Å². The van der Waals surface area contributed by atoms with Crippen LogP contribution in [0.1, 0.15) is 27.4 Å². The second-order valence-electron chi connectivity index (χ2n) is 6.64. The summed E-state index contributed by atoms with van der Waals surface area (Å²) in [7, 11) is 0. The normalized spacial score (nSPS) is 18.8. The minimum atomic E-state index is -4.96. The molecule has 2 N–H and O–H groups in total. The molecule has 1 aliphatic rings. The molecular formula is C18H12Cl2F6N4O2. The van der Waals surface area contributed by atoms with Gasteiger partial charge in [-0.2, -0.15) is 26.3 Å². The standard InChI is InChI=1S/C18H12Cl2F6N4O2/c1-8-12(15(31)28-7-17(21,22)23)6-27-14(29-8)13-5-16(32-30-13,18(24,25)26)9-2-10(19)4-11(20)3-9/h2-6,30H,7H2,1H3,(H,28,31). The Balaban J connectivity index is 1.96. The second kappa shape index (κ2) is 8.41. The maximum atomic E-state index is 14.0. The van der Waals surface area contributed by atoms with Crippen LogP contribution in [0.25, 0.3) is 5.70 Å². The minimum Gasteiger partial charge on any atom is -0.343 e. The first-order valence-electron chi connectivity index (χ1n) is 8.61. The SMILES string of the molecule is Cc1nc(C2=CC(c3cc(Cl)cc(Cl)c3)(C(F)(F)F)ON2)ncc1C(=O)NCC(F)(F)F. The minimum absolute atomic E-state index is 0.0529. The van der Waals surface area contributed by atoms with Gasteiger partial charge in [0.2, 0.25) is 5.60 Å². The maximum Gasteiger partial charge on any atom is 0.428 e. The molecule has 0 bridgehead atoms. The van der Waals surface area contributed by atoms with Gasteiger partial charge in [-0.15, -0.1) is 0 Å². The number of carbonyl (C=O) groups is 1. The highest BCUT2D eigenvalue weighted by Gasteiger charge is 2.60. The lowest BCUT2D eigenvalue weighted by molar-refractivity contribution is -0.269. The molecule has 0 fully saturated rings. The molecule has 6 nitrogen and oxygen atoms in total. The quantitative estimate of drug-likeness (QED) is 0.594. The van der Waals surface area contributed by atoms with Crippen LogP contribution < -0.4 is 10.8 Å². The fourth-order valence-electron chi connectivity index (χ4n) is 2.82. The van der Waals surface area contributed by atoms with Gasteiger partial charge < -0.3 is 5.32 Å². The van der Waals surface area contributed by atoms with E-state index in [0.717, 1.165) is 18.3 Å². The molecule has 3 rings (SSSR count). The summed E-state index contributed by atoms with van der Waals surface area (Å²) < 4.78 is 78.8. The third-order valence-corrected chi connectivity index (χ3v) is 4.73. The number of carbonyl (C=O) groups excluding carboxylic acids is 1. The van der Waals surface area contributed by atoms with Crippen LogP contribution in [0.5, 0.6) is 0 Å². The molecule has 0 saturated carbocycles. The van der Waals surface area contributed by atoms with Gasteiger partial charge in [-0.3, -0.25) is 15.1 Å². The molecule has 1 amide bonds. The number of nitrogens with zero attached hydrogens (tertiary/aromatic N) is 2. The Morgan fingerprint density at radius 1 is 1.16 bits per heavy atom. The number of hydroxylamine groups is 1. The highest BCUT2D eigenvalue weighted by molar-refractivity contribution is 6.34. The highest BCUT2D eigenvalue weighted by Crippen LogP contribution is 2.48. The average molecular weight is 501 g/mol. The number of halogens is 8. The van der Waals surface area contributed by atoms with Gasteiger partial charge in [0.15, 0.2) is 5.82 Å². The molecule has 0 saturated heterocycles. The Labute approximate surface area is 186 Å². The van der Waals surface area contributed by atoms with Crippen molar-refractivity contribution in [3.05, 3.63) is 63.2 Å². The van der Waals surface area contributed by atoms with Gasteiger partial charge in [0, 0.05) is 21.8 Å². The van der Waals surface area contributed by atoms with E-state index in [1.165, 1.54) is 13.0 Å². The molecule has 14 heteroatoms. The molecule has 172 valence electrons. The van der Waals surface area contributed by atoms with Crippen molar-refractivity contribution in [2.24, 2.45) is 0 Å². The van der Waals surface area contributed by atoms with Crippen molar-refractivity contribution in [2.75, 3.05) is 6.54 Å². The zero-order valence-corrected chi connectivity index (χ0v) is 17.3. The third kappa shape index (κ3) is 4.92. The van der Waals surface area contributed by atoms with Gasteiger partial charge in [0.25, 0.3) is 5.91 Å². The Hall–Kier alpha value is -2.57. The number of aromatic nitrogens is 2. The summed E-state index contributed by atoms with van der Waals surface area (Å²) >= 11 is 11.7. The van der Waals surface area contributed by atoms with Crippen LogP contribution in [-0.2, 0) is 10.4 Å². The van der Waals surface area contributed by atoms with E-state index in [1.54, 1.807) is 5.32 Å². The smallest absolute Gasteiger partial charge is 0.343 e. The molecule has 1 aromatic heterocycles. The Morgan fingerprint density at radius 2 is 1.78 bits per heavy atom. The molecule has 1 unspecified atom stereocenters. The van der Waals surface area contributed by atoms with Crippen LogP contribution in [0, 0.1) is 6.92 Å². The van der Waals surface area contributed by atoms with Gasteiger partial charge in [-0.1, -0.05) is 23.2 Å². The van der Waals surface area contributed by atoms with Crippen LogP contribution in [0.3, 0.4) is 0 Å². The predicted molar refractivity (Wildman–Crippen MR) is 102 cm³/mol. The summed E-state index contributed by atoms with van der Waals surface area (Å²) in [5, 5.41) is 1.56. The molecule has 2 heterocycles. The lowest BCUT2D eigenvalue weighted by Crippen LogP contribution is -2.42. The lowest BCUT2D eigenvalue weighted by Gasteiger charge is -2.28. The van der Waals surface area contributed by atoms with E-state index in [2.05, 4.69) is 15.4 Å². The monoisotopic (exact) mass is 500 g/mol. The molecular weight excluding hydrogens is 489 g/mol. The first-order chi connectivity index (χ1) is 14.7. The molecule has 1 atom stereocenters. The first kappa shape index (κ1) is 24.1. The maximum absolute atomic E-state index is 14.0. The Bertz CT molecular complexity index is 1070. The van der Waals surface area contributed by atoms with E-state index in [9.17, 15) is 31.1 Å². The fraction of sp³-hybridized carbons (Fsp3) is 0.278. The third-order valence-electron chi connectivity index (χ3n) is 4.30. The molecule has 1 aliphatic heterocycles. The van der Waals surface area contributed by atoms with E-state index in [-0.39, 0.29) is 32.8 Å². The Kier molecular flexibility index (Phi) is 6.33. The number of hydrogen-bond donors (Lipinski definition) is 2.